The number of rotatable bonds is 2. The van der Waals surface area contributed by atoms with Crippen molar-refractivity contribution in [3.05, 3.63) is 47.5 Å². The zero-order chi connectivity index (χ0) is 16.0. The van der Waals surface area contributed by atoms with Crippen molar-refractivity contribution in [1.29, 1.82) is 0 Å². The maximum Gasteiger partial charge on any atom is 0.410 e. The van der Waals surface area contributed by atoms with Crippen LogP contribution in [0.4, 0.5) is 4.79 Å². The van der Waals surface area contributed by atoms with Gasteiger partial charge in [0.15, 0.2) is 5.78 Å². The van der Waals surface area contributed by atoms with Crippen LogP contribution in [-0.2, 0) is 16.1 Å². The van der Waals surface area contributed by atoms with Gasteiger partial charge >= 0.3 is 6.09 Å². The van der Waals surface area contributed by atoms with Crippen molar-refractivity contribution in [2.45, 2.75) is 38.8 Å². The molecule has 2 fully saturated rings. The van der Waals surface area contributed by atoms with Crippen LogP contribution < -0.4 is 0 Å². The van der Waals surface area contributed by atoms with E-state index >= 15 is 0 Å². The molecule has 4 nitrogen and oxygen atoms in total. The van der Waals surface area contributed by atoms with Gasteiger partial charge in [-0.05, 0) is 36.8 Å². The Morgan fingerprint density at radius 2 is 2.13 bits per heavy atom. The predicted octanol–water partition coefficient (Wildman–Crippen LogP) is 3.32. The molecule has 3 aliphatic rings. The average Bonchev–Trinajstić information content (AvgIpc) is 3.30. The number of benzene rings is 1. The highest BCUT2D eigenvalue weighted by molar-refractivity contribution is 5.98. The van der Waals surface area contributed by atoms with E-state index in [0.717, 1.165) is 24.0 Å². The SMILES string of the molecule is CC1=CC2(CCN(C(=O)OCc3ccccc3)C3CC32)CC1=O. The van der Waals surface area contributed by atoms with Gasteiger partial charge in [0.2, 0.25) is 0 Å². The largest absolute Gasteiger partial charge is 0.445 e. The Kier molecular flexibility index (Phi) is 3.29. The number of carbonyl (C=O) groups is 2. The van der Waals surface area contributed by atoms with Crippen LogP contribution in [0.1, 0.15) is 31.7 Å². The molecule has 1 amide bonds. The van der Waals surface area contributed by atoms with Crippen molar-refractivity contribution in [2.24, 2.45) is 11.3 Å². The summed E-state index contributed by atoms with van der Waals surface area (Å²) in [6.45, 7) is 2.91. The van der Waals surface area contributed by atoms with Crippen molar-refractivity contribution < 1.29 is 14.3 Å². The zero-order valence-electron chi connectivity index (χ0n) is 13.3. The van der Waals surface area contributed by atoms with Crippen LogP contribution in [-0.4, -0.2) is 29.4 Å². The van der Waals surface area contributed by atoms with Gasteiger partial charge in [0, 0.05) is 24.4 Å². The molecule has 23 heavy (non-hydrogen) atoms. The minimum atomic E-state index is -0.221. The van der Waals surface area contributed by atoms with Gasteiger partial charge in [-0.3, -0.25) is 4.79 Å². The fraction of sp³-hybridized carbons (Fsp3) is 0.474. The molecule has 1 heterocycles. The topological polar surface area (TPSA) is 46.6 Å². The van der Waals surface area contributed by atoms with Crippen molar-refractivity contribution in [1.82, 2.24) is 4.90 Å². The lowest BCUT2D eigenvalue weighted by Gasteiger charge is -2.36. The maximum absolute atomic E-state index is 12.4. The number of nitrogens with zero attached hydrogens (tertiary/aromatic N) is 1. The molecule has 0 aromatic heterocycles. The van der Waals surface area contributed by atoms with E-state index in [1.165, 1.54) is 0 Å². The third-order valence-corrected chi connectivity index (χ3v) is 5.59. The predicted molar refractivity (Wildman–Crippen MR) is 85.7 cm³/mol. The van der Waals surface area contributed by atoms with Gasteiger partial charge in [-0.1, -0.05) is 36.4 Å². The molecule has 0 bridgehead atoms. The second kappa shape index (κ2) is 5.22. The van der Waals surface area contributed by atoms with Crippen molar-refractivity contribution in [2.75, 3.05) is 6.54 Å². The third kappa shape index (κ3) is 2.46. The molecule has 1 spiro atoms. The molecule has 3 unspecified atom stereocenters. The molecular formula is C19H21NO3. The highest BCUT2D eigenvalue weighted by Gasteiger charge is 2.60. The van der Waals surface area contributed by atoms with E-state index in [-0.39, 0.29) is 23.3 Å². The van der Waals surface area contributed by atoms with Crippen molar-refractivity contribution >= 4 is 11.9 Å². The van der Waals surface area contributed by atoms with Crippen LogP contribution in [0.25, 0.3) is 0 Å². The van der Waals surface area contributed by atoms with E-state index in [4.69, 9.17) is 4.74 Å². The minimum absolute atomic E-state index is 0.0159. The summed E-state index contributed by atoms with van der Waals surface area (Å²) in [7, 11) is 0. The molecule has 120 valence electrons. The zero-order valence-corrected chi connectivity index (χ0v) is 13.3. The summed E-state index contributed by atoms with van der Waals surface area (Å²) >= 11 is 0. The first-order chi connectivity index (χ1) is 11.1. The van der Waals surface area contributed by atoms with Crippen LogP contribution in [0, 0.1) is 11.3 Å². The molecule has 1 saturated heterocycles. The Hall–Kier alpha value is -2.10. The number of hydrogen-bond acceptors (Lipinski definition) is 3. The van der Waals surface area contributed by atoms with Crippen LogP contribution >= 0.6 is 0 Å². The summed E-state index contributed by atoms with van der Waals surface area (Å²) in [5.41, 5.74) is 1.92. The van der Waals surface area contributed by atoms with E-state index in [0.29, 0.717) is 25.5 Å². The monoisotopic (exact) mass is 311 g/mol. The summed E-state index contributed by atoms with van der Waals surface area (Å²) < 4.78 is 5.46. The molecule has 0 N–H and O–H groups in total. The molecule has 1 aromatic rings. The lowest BCUT2D eigenvalue weighted by atomic mass is 9.76. The number of ketones is 1. The van der Waals surface area contributed by atoms with E-state index in [1.807, 2.05) is 42.2 Å². The quantitative estimate of drug-likeness (QED) is 0.841. The van der Waals surface area contributed by atoms with Gasteiger partial charge in [-0.15, -0.1) is 0 Å². The van der Waals surface area contributed by atoms with Gasteiger partial charge in [0.1, 0.15) is 6.61 Å². The third-order valence-electron chi connectivity index (χ3n) is 5.59. The van der Waals surface area contributed by atoms with Crippen LogP contribution in [0.2, 0.25) is 0 Å². The number of Topliss-reactive ketones (excluding diaryl/α,β-unsaturated/α-hetero) is 1. The van der Waals surface area contributed by atoms with Crippen molar-refractivity contribution in [3.8, 4) is 0 Å². The smallest absolute Gasteiger partial charge is 0.410 e. The fourth-order valence-electron chi connectivity index (χ4n) is 4.25. The second-order valence-electron chi connectivity index (χ2n) is 7.05. The first-order valence-corrected chi connectivity index (χ1v) is 8.29. The van der Waals surface area contributed by atoms with Crippen LogP contribution in [0.3, 0.4) is 0 Å². The minimum Gasteiger partial charge on any atom is -0.445 e. The number of amides is 1. The summed E-state index contributed by atoms with van der Waals surface area (Å²) in [4.78, 5) is 26.1. The van der Waals surface area contributed by atoms with E-state index in [2.05, 4.69) is 6.08 Å². The number of piperidine rings is 1. The molecule has 1 aromatic carbocycles. The maximum atomic E-state index is 12.4. The summed E-state index contributed by atoms with van der Waals surface area (Å²) in [6, 6.07) is 9.99. The first kappa shape index (κ1) is 14.5. The highest BCUT2D eigenvalue weighted by Crippen LogP contribution is 2.59. The summed E-state index contributed by atoms with van der Waals surface area (Å²) in [6.07, 6.45) is 4.45. The van der Waals surface area contributed by atoms with Gasteiger partial charge in [0.05, 0.1) is 0 Å². The van der Waals surface area contributed by atoms with E-state index < -0.39 is 0 Å². The standard InChI is InChI=1S/C19H21NO3/c1-13-10-19(11-17(13)21)7-8-20(16-9-15(16)19)18(22)23-12-14-5-3-2-4-6-14/h2-6,10,15-16H,7-9,11-12H2,1H3. The van der Waals surface area contributed by atoms with E-state index in [1.54, 1.807) is 0 Å². The molecule has 1 saturated carbocycles. The molecule has 4 heteroatoms. The van der Waals surface area contributed by atoms with Gasteiger partial charge in [-0.2, -0.15) is 0 Å². The number of fused-ring (bicyclic) bond motifs is 2. The Morgan fingerprint density at radius 1 is 1.35 bits per heavy atom. The summed E-state index contributed by atoms with van der Waals surface area (Å²) in [5.74, 6) is 0.706. The van der Waals surface area contributed by atoms with E-state index in [9.17, 15) is 9.59 Å². The van der Waals surface area contributed by atoms with Crippen LogP contribution in [0.15, 0.2) is 42.0 Å². The Labute approximate surface area is 136 Å². The lowest BCUT2D eigenvalue weighted by molar-refractivity contribution is -0.116. The Bertz CT molecular complexity index is 681. The highest BCUT2D eigenvalue weighted by atomic mass is 16.6. The molecule has 2 aliphatic carbocycles. The second-order valence-corrected chi connectivity index (χ2v) is 7.05. The Morgan fingerprint density at radius 3 is 2.83 bits per heavy atom. The number of carbonyl (C=O) groups excluding carboxylic acids is 2. The molecule has 3 atom stereocenters. The number of ether oxygens (including phenoxy) is 1. The lowest BCUT2D eigenvalue weighted by Crippen LogP contribution is -2.43. The molecule has 4 rings (SSSR count). The van der Waals surface area contributed by atoms with Gasteiger partial charge < -0.3 is 9.64 Å². The molecule has 1 aliphatic heterocycles. The molecular weight excluding hydrogens is 290 g/mol. The molecule has 0 radical (unpaired) electrons. The fourth-order valence-corrected chi connectivity index (χ4v) is 4.25. The number of allylic oxidation sites excluding steroid dienone is 2. The first-order valence-electron chi connectivity index (χ1n) is 8.29. The summed E-state index contributed by atoms with van der Waals surface area (Å²) in [5, 5.41) is 0. The Balaban J connectivity index is 1.38. The van der Waals surface area contributed by atoms with Crippen molar-refractivity contribution in [3.63, 3.8) is 0 Å². The average molecular weight is 311 g/mol. The number of hydrogen-bond donors (Lipinski definition) is 0. The van der Waals surface area contributed by atoms with Gasteiger partial charge in [-0.25, -0.2) is 4.79 Å². The number of likely N-dealkylation sites (tertiary alicyclic amines) is 1. The van der Waals surface area contributed by atoms with Gasteiger partial charge in [0.25, 0.3) is 0 Å². The van der Waals surface area contributed by atoms with Crippen LogP contribution in [0.5, 0.6) is 0 Å². The normalized spacial score (nSPS) is 31.8.